The minimum atomic E-state index is -4.57. The molecule has 0 atom stereocenters. The summed E-state index contributed by atoms with van der Waals surface area (Å²) in [6, 6.07) is 5.13. The lowest BCUT2D eigenvalue weighted by molar-refractivity contribution is -0.137. The van der Waals surface area contributed by atoms with Crippen LogP contribution in [0.25, 0.3) is 0 Å². The highest BCUT2D eigenvalue weighted by molar-refractivity contribution is 6.11. The third kappa shape index (κ3) is 2.88. The van der Waals surface area contributed by atoms with Gasteiger partial charge in [0.05, 0.1) is 5.56 Å². The van der Waals surface area contributed by atoms with Crippen molar-refractivity contribution in [3.05, 3.63) is 46.7 Å². The molecule has 0 aliphatic heterocycles. The molecule has 0 amide bonds. The van der Waals surface area contributed by atoms with E-state index in [9.17, 15) is 18.0 Å². The van der Waals surface area contributed by atoms with Gasteiger partial charge in [0.25, 0.3) is 0 Å². The van der Waals surface area contributed by atoms with Gasteiger partial charge in [-0.3, -0.25) is 4.79 Å². The van der Waals surface area contributed by atoms with E-state index < -0.39 is 28.9 Å². The van der Waals surface area contributed by atoms with Gasteiger partial charge in [-0.1, -0.05) is 12.1 Å². The number of benzene rings is 1. The summed E-state index contributed by atoms with van der Waals surface area (Å²) in [7, 11) is 0. The van der Waals surface area contributed by atoms with Crippen molar-refractivity contribution in [2.45, 2.75) is 13.1 Å². The maximum absolute atomic E-state index is 12.4. The van der Waals surface area contributed by atoms with Gasteiger partial charge >= 0.3 is 6.18 Å². The largest absolute Gasteiger partial charge is 0.511 e. The number of ketones is 1. The number of halogens is 3. The molecule has 0 aliphatic rings. The van der Waals surface area contributed by atoms with Crippen molar-refractivity contribution in [3.8, 4) is 6.07 Å². The Balaban J connectivity index is 3.25. The molecule has 0 radical (unpaired) electrons. The molecule has 0 aliphatic carbocycles. The topological polar surface area (TPSA) is 61.1 Å². The Hall–Kier alpha value is -2.29. The summed E-state index contributed by atoms with van der Waals surface area (Å²) < 4.78 is 37.3. The smallest absolute Gasteiger partial charge is 0.416 e. The van der Waals surface area contributed by atoms with Crippen LogP contribution in [0.1, 0.15) is 22.8 Å². The monoisotopic (exact) mass is 255 g/mol. The number of rotatable bonds is 2. The number of Topliss-reactive ketones (excluding diaryl/α,β-unsaturated/α-hetero) is 1. The molecule has 0 fully saturated rings. The molecular formula is C12H8F3NO2. The van der Waals surface area contributed by atoms with Crippen LogP contribution in [0, 0.1) is 11.3 Å². The molecule has 3 nitrogen and oxygen atoms in total. The van der Waals surface area contributed by atoms with Gasteiger partial charge in [-0.25, -0.2) is 0 Å². The molecule has 94 valence electrons. The lowest BCUT2D eigenvalue weighted by Gasteiger charge is -2.07. The summed E-state index contributed by atoms with van der Waals surface area (Å²) in [4.78, 5) is 11.7. The van der Waals surface area contributed by atoms with Crippen LogP contribution in [-0.4, -0.2) is 10.9 Å². The Morgan fingerprint density at radius 1 is 1.39 bits per heavy atom. The van der Waals surface area contributed by atoms with Gasteiger partial charge in [0.1, 0.15) is 17.4 Å². The normalized spacial score (nSPS) is 12.6. The zero-order chi connectivity index (χ0) is 13.9. The summed E-state index contributed by atoms with van der Waals surface area (Å²) >= 11 is 0. The average Bonchev–Trinajstić information content (AvgIpc) is 2.28. The fraction of sp³-hybridized carbons (Fsp3) is 0.167. The first-order valence-corrected chi connectivity index (χ1v) is 4.79. The van der Waals surface area contributed by atoms with Crippen molar-refractivity contribution in [1.82, 2.24) is 0 Å². The van der Waals surface area contributed by atoms with Crippen molar-refractivity contribution in [1.29, 1.82) is 5.26 Å². The number of aliphatic hydroxyl groups excluding tert-OH is 1. The van der Waals surface area contributed by atoms with Crippen LogP contribution >= 0.6 is 0 Å². The standard InChI is InChI=1S/C12H8F3NO2/c1-7(17)10(6-16)11(18)8-3-2-4-9(5-8)12(13,14)15/h2-5,17H,1H3. The van der Waals surface area contributed by atoms with Crippen molar-refractivity contribution < 1.29 is 23.1 Å². The number of nitriles is 1. The van der Waals surface area contributed by atoms with E-state index >= 15 is 0 Å². The first-order valence-electron chi connectivity index (χ1n) is 4.79. The van der Waals surface area contributed by atoms with E-state index in [0.717, 1.165) is 25.1 Å². The number of allylic oxidation sites excluding steroid dienone is 2. The van der Waals surface area contributed by atoms with Crippen LogP contribution in [0.2, 0.25) is 0 Å². The first kappa shape index (κ1) is 13.8. The Morgan fingerprint density at radius 2 is 2.00 bits per heavy atom. The molecule has 0 aromatic heterocycles. The highest BCUT2D eigenvalue weighted by Crippen LogP contribution is 2.30. The number of carbonyl (C=O) groups excluding carboxylic acids is 1. The SMILES string of the molecule is CC(O)=C(C#N)C(=O)c1cccc(C(F)(F)F)c1. The highest BCUT2D eigenvalue weighted by Gasteiger charge is 2.31. The van der Waals surface area contributed by atoms with E-state index in [2.05, 4.69) is 0 Å². The lowest BCUT2D eigenvalue weighted by atomic mass is 10.0. The summed E-state index contributed by atoms with van der Waals surface area (Å²) in [6.07, 6.45) is -4.57. The van der Waals surface area contributed by atoms with Crippen LogP contribution < -0.4 is 0 Å². The van der Waals surface area contributed by atoms with E-state index in [0.29, 0.717) is 6.07 Å². The summed E-state index contributed by atoms with van der Waals surface area (Å²) in [5, 5.41) is 17.7. The molecule has 1 aromatic carbocycles. The Labute approximate surface area is 101 Å². The molecule has 0 bridgehead atoms. The average molecular weight is 255 g/mol. The number of alkyl halides is 3. The molecule has 0 unspecified atom stereocenters. The second kappa shape index (κ2) is 4.92. The third-order valence-corrected chi connectivity index (χ3v) is 2.15. The molecule has 0 heterocycles. The Bertz CT molecular complexity index is 549. The van der Waals surface area contributed by atoms with Crippen molar-refractivity contribution in [2.75, 3.05) is 0 Å². The van der Waals surface area contributed by atoms with Crippen molar-refractivity contribution >= 4 is 5.78 Å². The number of nitrogens with zero attached hydrogens (tertiary/aromatic N) is 1. The zero-order valence-electron chi connectivity index (χ0n) is 9.25. The molecule has 0 saturated carbocycles. The molecule has 1 aromatic rings. The van der Waals surface area contributed by atoms with E-state index in [1.54, 1.807) is 0 Å². The van der Waals surface area contributed by atoms with Crippen molar-refractivity contribution in [2.24, 2.45) is 0 Å². The van der Waals surface area contributed by atoms with Crippen LogP contribution in [0.4, 0.5) is 13.2 Å². The predicted molar refractivity (Wildman–Crippen MR) is 56.7 cm³/mol. The van der Waals surface area contributed by atoms with Gasteiger partial charge in [0.2, 0.25) is 5.78 Å². The molecule has 1 N–H and O–H groups in total. The minimum absolute atomic E-state index is 0.297. The maximum atomic E-state index is 12.4. The Kier molecular flexibility index (Phi) is 3.76. The second-order valence-electron chi connectivity index (χ2n) is 3.48. The maximum Gasteiger partial charge on any atom is 0.416 e. The van der Waals surface area contributed by atoms with Gasteiger partial charge in [-0.05, 0) is 19.1 Å². The van der Waals surface area contributed by atoms with E-state index in [1.165, 1.54) is 6.07 Å². The lowest BCUT2D eigenvalue weighted by Crippen LogP contribution is -2.09. The van der Waals surface area contributed by atoms with Gasteiger partial charge in [-0.15, -0.1) is 0 Å². The van der Waals surface area contributed by atoms with Gasteiger partial charge in [0, 0.05) is 5.56 Å². The van der Waals surface area contributed by atoms with E-state index in [1.807, 2.05) is 0 Å². The minimum Gasteiger partial charge on any atom is -0.511 e. The van der Waals surface area contributed by atoms with Crippen LogP contribution in [0.15, 0.2) is 35.6 Å². The van der Waals surface area contributed by atoms with Gasteiger partial charge < -0.3 is 5.11 Å². The fourth-order valence-corrected chi connectivity index (χ4v) is 1.28. The van der Waals surface area contributed by atoms with Crippen LogP contribution in [0.5, 0.6) is 0 Å². The predicted octanol–water partition coefficient (Wildman–Crippen LogP) is 3.24. The van der Waals surface area contributed by atoms with Crippen molar-refractivity contribution in [3.63, 3.8) is 0 Å². The quantitative estimate of drug-likeness (QED) is 0.382. The first-order chi connectivity index (χ1) is 8.27. The van der Waals surface area contributed by atoms with Crippen LogP contribution in [0.3, 0.4) is 0 Å². The number of carbonyl (C=O) groups is 1. The van der Waals surface area contributed by atoms with Gasteiger partial charge in [0.15, 0.2) is 0 Å². The highest BCUT2D eigenvalue weighted by atomic mass is 19.4. The number of hydrogen-bond acceptors (Lipinski definition) is 3. The molecule has 1 rings (SSSR count). The second-order valence-corrected chi connectivity index (χ2v) is 3.48. The van der Waals surface area contributed by atoms with E-state index in [4.69, 9.17) is 10.4 Å². The summed E-state index contributed by atoms with van der Waals surface area (Å²) in [6.45, 7) is 1.12. The zero-order valence-corrected chi connectivity index (χ0v) is 9.25. The van der Waals surface area contributed by atoms with Crippen LogP contribution in [-0.2, 0) is 6.18 Å². The number of aliphatic hydroxyl groups is 1. The Morgan fingerprint density at radius 3 is 2.44 bits per heavy atom. The third-order valence-electron chi connectivity index (χ3n) is 2.15. The van der Waals surface area contributed by atoms with Gasteiger partial charge in [-0.2, -0.15) is 18.4 Å². The molecular weight excluding hydrogens is 247 g/mol. The molecule has 0 saturated heterocycles. The fourth-order valence-electron chi connectivity index (χ4n) is 1.28. The summed E-state index contributed by atoms with van der Waals surface area (Å²) in [5.41, 5.74) is -1.86. The molecule has 18 heavy (non-hydrogen) atoms. The number of hydrogen-bond donors (Lipinski definition) is 1. The molecule has 6 heteroatoms. The molecule has 0 spiro atoms. The summed E-state index contributed by atoms with van der Waals surface area (Å²) in [5.74, 6) is -1.47. The van der Waals surface area contributed by atoms with E-state index in [-0.39, 0.29) is 5.56 Å².